The molecule has 0 bridgehead atoms. The maximum Gasteiger partial charge on any atom is 0.0573 e. The molecule has 2 fully saturated rings. The van der Waals surface area contributed by atoms with E-state index in [1.165, 1.54) is 24.1 Å². The van der Waals surface area contributed by atoms with Crippen molar-refractivity contribution in [2.45, 2.75) is 51.7 Å². The van der Waals surface area contributed by atoms with Gasteiger partial charge in [0.05, 0.1) is 5.69 Å². The van der Waals surface area contributed by atoms with Crippen molar-refractivity contribution in [2.75, 3.05) is 13.1 Å². The van der Waals surface area contributed by atoms with Crippen LogP contribution in [0.25, 0.3) is 0 Å². The summed E-state index contributed by atoms with van der Waals surface area (Å²) < 4.78 is 0. The Morgan fingerprint density at radius 2 is 2.26 bits per heavy atom. The lowest BCUT2D eigenvalue weighted by Crippen LogP contribution is -2.63. The second-order valence-corrected chi connectivity index (χ2v) is 6.56. The molecule has 2 heterocycles. The first-order valence-electron chi connectivity index (χ1n) is 7.48. The van der Waals surface area contributed by atoms with E-state index < -0.39 is 0 Å². The first-order valence-corrected chi connectivity index (χ1v) is 7.48. The van der Waals surface area contributed by atoms with Gasteiger partial charge in [-0.1, -0.05) is 6.07 Å². The third-order valence-electron chi connectivity index (χ3n) is 4.94. The first-order chi connectivity index (χ1) is 9.09. The van der Waals surface area contributed by atoms with Gasteiger partial charge in [-0.25, -0.2) is 0 Å². The number of piperazine rings is 1. The molecule has 1 aromatic heterocycles. The normalized spacial score (nSPS) is 32.5. The molecule has 2 atom stereocenters. The highest BCUT2D eigenvalue weighted by Crippen LogP contribution is 2.44. The van der Waals surface area contributed by atoms with Gasteiger partial charge >= 0.3 is 0 Å². The van der Waals surface area contributed by atoms with Crippen LogP contribution in [0.1, 0.15) is 37.9 Å². The highest BCUT2D eigenvalue weighted by atomic mass is 15.3. The van der Waals surface area contributed by atoms with E-state index in [1.807, 2.05) is 12.3 Å². The van der Waals surface area contributed by atoms with Crippen molar-refractivity contribution < 1.29 is 0 Å². The maximum absolute atomic E-state index is 4.58. The van der Waals surface area contributed by atoms with Crippen LogP contribution >= 0.6 is 0 Å². The van der Waals surface area contributed by atoms with Crippen molar-refractivity contribution in [3.8, 4) is 0 Å². The summed E-state index contributed by atoms with van der Waals surface area (Å²) >= 11 is 0. The molecule has 0 radical (unpaired) electrons. The van der Waals surface area contributed by atoms with Gasteiger partial charge in [-0.3, -0.25) is 9.88 Å². The lowest BCUT2D eigenvalue weighted by atomic mass is 9.89. The highest BCUT2D eigenvalue weighted by Gasteiger charge is 2.47. The van der Waals surface area contributed by atoms with Gasteiger partial charge in [0.25, 0.3) is 0 Å². The molecule has 3 heteroatoms. The summed E-state index contributed by atoms with van der Waals surface area (Å²) in [5.41, 5.74) is 2.87. The van der Waals surface area contributed by atoms with Crippen LogP contribution in [-0.2, 0) is 6.54 Å². The largest absolute Gasteiger partial charge is 0.311 e. The summed E-state index contributed by atoms with van der Waals surface area (Å²) in [5.74, 6) is 0.872. The predicted molar refractivity (Wildman–Crippen MR) is 78.0 cm³/mol. The smallest absolute Gasteiger partial charge is 0.0573 e. The topological polar surface area (TPSA) is 28.2 Å². The minimum absolute atomic E-state index is 0.316. The highest BCUT2D eigenvalue weighted by molar-refractivity contribution is 5.18. The Hall–Kier alpha value is -0.930. The summed E-state index contributed by atoms with van der Waals surface area (Å²) in [6, 6.07) is 4.78. The molecule has 104 valence electrons. The summed E-state index contributed by atoms with van der Waals surface area (Å²) in [7, 11) is 0. The fourth-order valence-electron chi connectivity index (χ4n) is 3.31. The molecule has 0 aromatic carbocycles. The van der Waals surface area contributed by atoms with Crippen LogP contribution in [0.2, 0.25) is 0 Å². The molecule has 3 rings (SSSR count). The molecule has 1 saturated heterocycles. The van der Waals surface area contributed by atoms with Gasteiger partial charge in [0.2, 0.25) is 0 Å². The summed E-state index contributed by atoms with van der Waals surface area (Å²) in [6.45, 7) is 10.1. The van der Waals surface area contributed by atoms with Crippen LogP contribution in [0.3, 0.4) is 0 Å². The third-order valence-corrected chi connectivity index (χ3v) is 4.94. The Morgan fingerprint density at radius 1 is 1.47 bits per heavy atom. The van der Waals surface area contributed by atoms with E-state index in [0.29, 0.717) is 11.6 Å². The molecule has 1 aliphatic heterocycles. The van der Waals surface area contributed by atoms with Crippen molar-refractivity contribution >= 4 is 0 Å². The summed E-state index contributed by atoms with van der Waals surface area (Å²) in [6.07, 6.45) is 4.71. The lowest BCUT2D eigenvalue weighted by Gasteiger charge is -2.48. The number of aromatic nitrogens is 1. The zero-order chi connectivity index (χ0) is 13.5. The second kappa shape index (κ2) is 4.88. The number of nitrogens with one attached hydrogen (secondary N) is 1. The molecule has 1 saturated carbocycles. The van der Waals surface area contributed by atoms with E-state index in [0.717, 1.165) is 25.6 Å². The van der Waals surface area contributed by atoms with Gasteiger partial charge in [0.1, 0.15) is 0 Å². The maximum atomic E-state index is 4.58. The minimum atomic E-state index is 0.316. The predicted octanol–water partition coefficient (Wildman–Crippen LogP) is 2.35. The third kappa shape index (κ3) is 2.54. The van der Waals surface area contributed by atoms with Gasteiger partial charge in [0, 0.05) is 37.4 Å². The molecular weight excluding hydrogens is 234 g/mol. The molecule has 0 spiro atoms. The number of hydrogen-bond donors (Lipinski definition) is 1. The van der Waals surface area contributed by atoms with Gasteiger partial charge in [0.15, 0.2) is 0 Å². The molecule has 1 N–H and O–H groups in total. The zero-order valence-corrected chi connectivity index (χ0v) is 12.3. The molecule has 0 amide bonds. The Balaban J connectivity index is 1.81. The number of rotatable bonds is 3. The summed E-state index contributed by atoms with van der Waals surface area (Å²) in [5, 5.41) is 3.66. The van der Waals surface area contributed by atoms with Crippen molar-refractivity contribution in [1.82, 2.24) is 15.2 Å². The molecule has 1 aliphatic carbocycles. The monoisotopic (exact) mass is 259 g/mol. The number of aryl methyl sites for hydroxylation is 1. The standard InChI is InChI=1S/C16H25N3/c1-12-5-4-8-17-15(12)10-19-9-13(2)18-11-16(19,3)14-6-7-14/h4-5,8,13-14,18H,6-7,9-11H2,1-3H3. The van der Waals surface area contributed by atoms with E-state index in [1.54, 1.807) is 0 Å². The zero-order valence-electron chi connectivity index (χ0n) is 12.3. The van der Waals surface area contributed by atoms with Gasteiger partial charge in [-0.15, -0.1) is 0 Å². The van der Waals surface area contributed by atoms with E-state index in [9.17, 15) is 0 Å². The second-order valence-electron chi connectivity index (χ2n) is 6.56. The van der Waals surface area contributed by atoms with Crippen LogP contribution < -0.4 is 5.32 Å². The van der Waals surface area contributed by atoms with Crippen LogP contribution in [0, 0.1) is 12.8 Å². The van der Waals surface area contributed by atoms with Gasteiger partial charge in [-0.2, -0.15) is 0 Å². The molecule has 2 aliphatic rings. The van der Waals surface area contributed by atoms with E-state index >= 15 is 0 Å². The van der Waals surface area contributed by atoms with Gasteiger partial charge < -0.3 is 5.32 Å². The fraction of sp³-hybridized carbons (Fsp3) is 0.688. The lowest BCUT2D eigenvalue weighted by molar-refractivity contribution is 0.0300. The number of pyridine rings is 1. The van der Waals surface area contributed by atoms with Crippen LogP contribution in [0.5, 0.6) is 0 Å². The molecule has 3 nitrogen and oxygen atoms in total. The Bertz CT molecular complexity index is 455. The molecular formula is C16H25N3. The number of hydrogen-bond acceptors (Lipinski definition) is 3. The van der Waals surface area contributed by atoms with Crippen molar-refractivity contribution in [1.29, 1.82) is 0 Å². The number of nitrogens with zero attached hydrogens (tertiary/aromatic N) is 2. The Kier molecular flexibility index (Phi) is 3.35. The minimum Gasteiger partial charge on any atom is -0.311 e. The van der Waals surface area contributed by atoms with E-state index in [-0.39, 0.29) is 0 Å². The quantitative estimate of drug-likeness (QED) is 0.903. The summed E-state index contributed by atoms with van der Waals surface area (Å²) in [4.78, 5) is 7.25. The van der Waals surface area contributed by atoms with E-state index in [2.05, 4.69) is 42.0 Å². The Labute approximate surface area is 116 Å². The van der Waals surface area contributed by atoms with Crippen LogP contribution in [0.15, 0.2) is 18.3 Å². The van der Waals surface area contributed by atoms with Crippen molar-refractivity contribution in [2.24, 2.45) is 5.92 Å². The van der Waals surface area contributed by atoms with Crippen molar-refractivity contribution in [3.63, 3.8) is 0 Å². The van der Waals surface area contributed by atoms with Crippen molar-refractivity contribution in [3.05, 3.63) is 29.6 Å². The van der Waals surface area contributed by atoms with Crippen LogP contribution in [-0.4, -0.2) is 34.6 Å². The fourth-order valence-corrected chi connectivity index (χ4v) is 3.31. The van der Waals surface area contributed by atoms with E-state index in [4.69, 9.17) is 0 Å². The average Bonchev–Trinajstić information content (AvgIpc) is 3.21. The molecule has 19 heavy (non-hydrogen) atoms. The Morgan fingerprint density at radius 3 is 2.95 bits per heavy atom. The van der Waals surface area contributed by atoms with Gasteiger partial charge in [-0.05, 0) is 51.2 Å². The average molecular weight is 259 g/mol. The molecule has 1 aromatic rings. The van der Waals surface area contributed by atoms with Crippen LogP contribution in [0.4, 0.5) is 0 Å². The molecule has 2 unspecified atom stereocenters. The first kappa shape index (κ1) is 13.1. The SMILES string of the molecule is Cc1cccnc1CN1CC(C)NCC1(C)C1CC1.